The van der Waals surface area contributed by atoms with Crippen LogP contribution in [0, 0.1) is 0 Å². The van der Waals surface area contributed by atoms with E-state index in [1.54, 1.807) is 7.11 Å². The molecule has 1 rings (SSSR count). The molecule has 10 heavy (non-hydrogen) atoms. The fourth-order valence-electron chi connectivity index (χ4n) is 0.625. The first-order valence-electron chi connectivity index (χ1n) is 2.76. The van der Waals surface area contributed by atoms with E-state index < -0.39 is 0 Å². The molecule has 0 radical (unpaired) electrons. The maximum absolute atomic E-state index is 5.03. The minimum absolute atomic E-state index is 0.331. The zero-order valence-corrected chi connectivity index (χ0v) is 9.16. The summed E-state index contributed by atoms with van der Waals surface area (Å²) in [7, 11) is 1.67. The quantitative estimate of drug-likeness (QED) is 0.319. The number of nitrogens with zero attached hydrogens (tertiary/aromatic N) is 1. The van der Waals surface area contributed by atoms with E-state index in [1.165, 1.54) is 0 Å². The van der Waals surface area contributed by atoms with Crippen molar-refractivity contribution in [1.29, 1.82) is 0 Å². The van der Waals surface area contributed by atoms with Gasteiger partial charge in [0, 0.05) is 6.20 Å². The molecule has 0 amide bonds. The molecule has 1 aliphatic heterocycles. The van der Waals surface area contributed by atoms with Crippen LogP contribution in [0.1, 0.15) is 0 Å². The van der Waals surface area contributed by atoms with Gasteiger partial charge >= 0.3 is 0 Å². The minimum Gasteiger partial charge on any atom is -0.497 e. The summed E-state index contributed by atoms with van der Waals surface area (Å²) in [5.41, 5.74) is 0. The third-order valence-corrected chi connectivity index (χ3v) is 3.56. The van der Waals surface area contributed by atoms with Crippen molar-refractivity contribution in [3.05, 3.63) is 24.1 Å². The molecular weight excluding hydrogens is 309 g/mol. The Bertz CT molecular complexity index is 181. The number of ether oxygens (including phenoxy) is 1. The van der Waals surface area contributed by atoms with E-state index in [-0.39, 0.29) is 0 Å². The van der Waals surface area contributed by atoms with Crippen molar-refractivity contribution in [1.82, 2.24) is 3.93 Å². The van der Waals surface area contributed by atoms with Crippen molar-refractivity contribution in [3.63, 3.8) is 0 Å². The predicted octanol–water partition coefficient (Wildman–Crippen LogP) is 2.42. The molecule has 1 aliphatic rings. The Hall–Kier alpha value is 0.290. The lowest BCUT2D eigenvalue weighted by molar-refractivity contribution is 0.301. The van der Waals surface area contributed by atoms with Gasteiger partial charge in [0.25, 0.3) is 0 Å². The van der Waals surface area contributed by atoms with Gasteiger partial charge in [0.15, 0.2) is 0 Å². The molecule has 0 aromatic rings. The lowest BCUT2D eigenvalue weighted by Gasteiger charge is -2.19. The normalized spacial score (nSPS) is 24.5. The molecular formula is C6H7BrINO. The van der Waals surface area contributed by atoms with E-state index in [2.05, 4.69) is 38.7 Å². The predicted molar refractivity (Wildman–Crippen MR) is 52.8 cm³/mol. The summed E-state index contributed by atoms with van der Waals surface area (Å²) in [6, 6.07) is 0. The SMILES string of the molecule is COC1=CC(I)N(Br)C=C1. The standard InChI is InChI=1S/C6H7BrINO/c1-10-5-2-3-9(7)6(8)4-5/h2-4,6H,1H3. The number of hydrogen-bond donors (Lipinski definition) is 0. The molecule has 0 bridgehead atoms. The lowest BCUT2D eigenvalue weighted by atomic mass is 10.3. The fourth-order valence-corrected chi connectivity index (χ4v) is 1.40. The van der Waals surface area contributed by atoms with E-state index in [0.29, 0.717) is 4.05 Å². The fraction of sp³-hybridized carbons (Fsp3) is 0.333. The zero-order chi connectivity index (χ0) is 7.56. The molecule has 56 valence electrons. The van der Waals surface area contributed by atoms with Gasteiger partial charge in [-0.25, -0.2) is 0 Å². The summed E-state index contributed by atoms with van der Waals surface area (Å²) in [5.74, 6) is 0.912. The third kappa shape index (κ3) is 1.88. The Morgan fingerprint density at radius 1 is 1.80 bits per heavy atom. The van der Waals surface area contributed by atoms with Crippen LogP contribution >= 0.6 is 38.7 Å². The molecule has 0 N–H and O–H groups in total. The number of hydrogen-bond acceptors (Lipinski definition) is 2. The van der Waals surface area contributed by atoms with Gasteiger partial charge < -0.3 is 4.74 Å². The Kier molecular flexibility index (Phi) is 3.03. The lowest BCUT2D eigenvalue weighted by Crippen LogP contribution is -2.15. The largest absolute Gasteiger partial charge is 0.497 e. The molecule has 0 saturated heterocycles. The number of alkyl halides is 1. The highest BCUT2D eigenvalue weighted by molar-refractivity contribution is 14.1. The summed E-state index contributed by atoms with van der Waals surface area (Å²) < 4.78 is 7.29. The highest BCUT2D eigenvalue weighted by Crippen LogP contribution is 2.21. The van der Waals surface area contributed by atoms with Crippen molar-refractivity contribution in [3.8, 4) is 0 Å². The molecule has 1 heterocycles. The number of methoxy groups -OCH3 is 1. The number of allylic oxidation sites excluding steroid dienone is 1. The van der Waals surface area contributed by atoms with E-state index in [1.807, 2.05) is 22.3 Å². The van der Waals surface area contributed by atoms with Crippen LogP contribution < -0.4 is 0 Å². The first-order chi connectivity index (χ1) is 4.74. The van der Waals surface area contributed by atoms with Gasteiger partial charge in [0.2, 0.25) is 0 Å². The summed E-state index contributed by atoms with van der Waals surface area (Å²) in [4.78, 5) is 0. The Morgan fingerprint density at radius 2 is 2.50 bits per heavy atom. The Balaban J connectivity index is 2.66. The van der Waals surface area contributed by atoms with Crippen molar-refractivity contribution in [2.45, 2.75) is 4.05 Å². The molecule has 4 heteroatoms. The van der Waals surface area contributed by atoms with Crippen LogP contribution in [0.25, 0.3) is 0 Å². The smallest absolute Gasteiger partial charge is 0.119 e. The summed E-state index contributed by atoms with van der Waals surface area (Å²) >= 11 is 5.64. The number of rotatable bonds is 1. The second-order valence-electron chi connectivity index (χ2n) is 1.81. The van der Waals surface area contributed by atoms with Gasteiger partial charge in [-0.15, -0.1) is 0 Å². The van der Waals surface area contributed by atoms with E-state index >= 15 is 0 Å². The van der Waals surface area contributed by atoms with Gasteiger partial charge in [-0.05, 0) is 12.2 Å². The van der Waals surface area contributed by atoms with Crippen molar-refractivity contribution >= 4 is 38.7 Å². The molecule has 2 nitrogen and oxygen atoms in total. The van der Waals surface area contributed by atoms with Gasteiger partial charge in [-0.3, -0.25) is 3.93 Å². The molecule has 0 aliphatic carbocycles. The van der Waals surface area contributed by atoms with Crippen molar-refractivity contribution in [2.24, 2.45) is 0 Å². The van der Waals surface area contributed by atoms with Gasteiger partial charge in [0.05, 0.1) is 23.3 Å². The van der Waals surface area contributed by atoms with Crippen molar-refractivity contribution < 1.29 is 4.74 Å². The highest BCUT2D eigenvalue weighted by Gasteiger charge is 2.10. The molecule has 1 unspecified atom stereocenters. The summed E-state index contributed by atoms with van der Waals surface area (Å²) in [6.45, 7) is 0. The number of halogens is 2. The van der Waals surface area contributed by atoms with Crippen LogP contribution in [-0.2, 0) is 4.74 Å². The van der Waals surface area contributed by atoms with E-state index in [9.17, 15) is 0 Å². The molecule has 0 fully saturated rings. The topological polar surface area (TPSA) is 12.5 Å². The van der Waals surface area contributed by atoms with E-state index in [0.717, 1.165) is 5.76 Å². The Morgan fingerprint density at radius 3 is 3.00 bits per heavy atom. The maximum atomic E-state index is 5.03. The van der Waals surface area contributed by atoms with Crippen LogP contribution in [0.4, 0.5) is 0 Å². The van der Waals surface area contributed by atoms with Gasteiger partial charge in [0.1, 0.15) is 9.81 Å². The molecule has 1 atom stereocenters. The van der Waals surface area contributed by atoms with Crippen LogP contribution in [0.2, 0.25) is 0 Å². The second-order valence-corrected chi connectivity index (χ2v) is 3.90. The average molecular weight is 316 g/mol. The van der Waals surface area contributed by atoms with Crippen LogP contribution in [-0.4, -0.2) is 15.1 Å². The Labute approximate surface area is 82.4 Å². The third-order valence-electron chi connectivity index (χ3n) is 1.15. The van der Waals surface area contributed by atoms with Crippen LogP contribution in [0.5, 0.6) is 0 Å². The first-order valence-corrected chi connectivity index (χ1v) is 4.71. The van der Waals surface area contributed by atoms with Crippen LogP contribution in [0.15, 0.2) is 24.1 Å². The zero-order valence-electron chi connectivity index (χ0n) is 5.42. The average Bonchev–Trinajstić information content (AvgIpc) is 1.95. The first kappa shape index (κ1) is 8.39. The van der Waals surface area contributed by atoms with Crippen LogP contribution in [0.3, 0.4) is 0 Å². The van der Waals surface area contributed by atoms with Gasteiger partial charge in [-0.1, -0.05) is 22.6 Å². The molecule has 0 aromatic heterocycles. The summed E-state index contributed by atoms with van der Waals surface area (Å²) in [5, 5.41) is 0. The minimum atomic E-state index is 0.331. The monoisotopic (exact) mass is 315 g/mol. The summed E-state index contributed by atoms with van der Waals surface area (Å²) in [6.07, 6.45) is 5.86. The second kappa shape index (κ2) is 3.61. The maximum Gasteiger partial charge on any atom is 0.119 e. The van der Waals surface area contributed by atoms with E-state index in [4.69, 9.17) is 4.74 Å². The highest BCUT2D eigenvalue weighted by atomic mass is 127. The van der Waals surface area contributed by atoms with Gasteiger partial charge in [-0.2, -0.15) is 0 Å². The molecule has 0 spiro atoms. The molecule has 0 saturated carbocycles. The molecule has 0 aromatic carbocycles. The van der Waals surface area contributed by atoms with Crippen molar-refractivity contribution in [2.75, 3.05) is 7.11 Å².